The van der Waals surface area contributed by atoms with E-state index in [2.05, 4.69) is 5.32 Å². The molecular formula is C17H21NO3. The second-order valence-corrected chi connectivity index (χ2v) is 5.27. The number of hydrogen-bond acceptors (Lipinski definition) is 4. The molecule has 1 fully saturated rings. The van der Waals surface area contributed by atoms with Gasteiger partial charge in [0.2, 0.25) is 0 Å². The number of hydrogen-bond donors (Lipinski definition) is 1. The third kappa shape index (κ3) is 4.26. The minimum atomic E-state index is 0.442. The molecule has 0 amide bonds. The van der Waals surface area contributed by atoms with E-state index in [0.717, 1.165) is 23.8 Å². The monoisotopic (exact) mass is 287 g/mol. The highest BCUT2D eigenvalue weighted by Crippen LogP contribution is 2.21. The zero-order chi connectivity index (χ0) is 14.5. The third-order valence-electron chi connectivity index (χ3n) is 3.40. The molecule has 1 aromatic carbocycles. The highest BCUT2D eigenvalue weighted by atomic mass is 16.5. The SMILES string of the molecule is CCOc1ccc(OCc2cc(CNC3CC3)co2)cc1. The maximum atomic E-state index is 5.71. The van der Waals surface area contributed by atoms with Crippen LogP contribution in [-0.2, 0) is 13.2 Å². The Morgan fingerprint density at radius 3 is 2.52 bits per heavy atom. The average molecular weight is 287 g/mol. The number of rotatable bonds is 8. The van der Waals surface area contributed by atoms with E-state index < -0.39 is 0 Å². The first-order chi connectivity index (χ1) is 10.3. The van der Waals surface area contributed by atoms with Gasteiger partial charge in [-0.2, -0.15) is 0 Å². The first kappa shape index (κ1) is 14.0. The Balaban J connectivity index is 1.47. The molecule has 0 atom stereocenters. The van der Waals surface area contributed by atoms with Crippen molar-refractivity contribution < 1.29 is 13.9 Å². The van der Waals surface area contributed by atoms with Gasteiger partial charge in [-0.05, 0) is 50.1 Å². The summed E-state index contributed by atoms with van der Waals surface area (Å²) >= 11 is 0. The molecule has 4 heteroatoms. The van der Waals surface area contributed by atoms with Crippen LogP contribution in [0.2, 0.25) is 0 Å². The van der Waals surface area contributed by atoms with E-state index in [1.54, 1.807) is 6.26 Å². The Labute approximate surface area is 125 Å². The number of furan rings is 1. The predicted molar refractivity (Wildman–Crippen MR) is 80.5 cm³/mol. The summed E-state index contributed by atoms with van der Waals surface area (Å²) in [4.78, 5) is 0. The molecular weight excluding hydrogens is 266 g/mol. The number of nitrogens with one attached hydrogen (secondary N) is 1. The Hall–Kier alpha value is -1.94. The molecule has 0 radical (unpaired) electrons. The Bertz CT molecular complexity index is 558. The summed E-state index contributed by atoms with van der Waals surface area (Å²) in [7, 11) is 0. The first-order valence-corrected chi connectivity index (χ1v) is 7.49. The van der Waals surface area contributed by atoms with Crippen molar-refractivity contribution in [1.82, 2.24) is 5.32 Å². The summed E-state index contributed by atoms with van der Waals surface area (Å²) < 4.78 is 16.6. The van der Waals surface area contributed by atoms with Gasteiger partial charge in [0.1, 0.15) is 23.9 Å². The quantitative estimate of drug-likeness (QED) is 0.807. The van der Waals surface area contributed by atoms with E-state index in [-0.39, 0.29) is 0 Å². The maximum Gasteiger partial charge on any atom is 0.146 e. The van der Waals surface area contributed by atoms with Crippen LogP contribution in [-0.4, -0.2) is 12.6 Å². The highest BCUT2D eigenvalue weighted by molar-refractivity contribution is 5.31. The standard InChI is InChI=1S/C17H21NO3/c1-2-19-15-5-7-16(8-6-15)21-12-17-9-13(11-20-17)10-18-14-3-4-14/h5-9,11,14,18H,2-4,10,12H2,1H3. The molecule has 3 rings (SSSR count). The van der Waals surface area contributed by atoms with Crippen LogP contribution in [0.3, 0.4) is 0 Å². The fraction of sp³-hybridized carbons (Fsp3) is 0.412. The molecule has 2 aromatic rings. The number of benzene rings is 1. The van der Waals surface area contributed by atoms with Crippen molar-refractivity contribution in [3.63, 3.8) is 0 Å². The van der Waals surface area contributed by atoms with Crippen LogP contribution in [0.1, 0.15) is 31.1 Å². The van der Waals surface area contributed by atoms with E-state index >= 15 is 0 Å². The summed E-state index contributed by atoms with van der Waals surface area (Å²) in [6.07, 6.45) is 4.39. The van der Waals surface area contributed by atoms with Gasteiger partial charge in [0.05, 0.1) is 12.9 Å². The molecule has 112 valence electrons. The smallest absolute Gasteiger partial charge is 0.146 e. The zero-order valence-electron chi connectivity index (χ0n) is 12.3. The molecule has 1 N–H and O–H groups in total. The van der Waals surface area contributed by atoms with Crippen molar-refractivity contribution in [1.29, 1.82) is 0 Å². The Morgan fingerprint density at radius 2 is 1.86 bits per heavy atom. The fourth-order valence-corrected chi connectivity index (χ4v) is 2.10. The summed E-state index contributed by atoms with van der Waals surface area (Å²) in [5.74, 6) is 2.51. The largest absolute Gasteiger partial charge is 0.494 e. The lowest BCUT2D eigenvalue weighted by Gasteiger charge is -2.06. The second-order valence-electron chi connectivity index (χ2n) is 5.27. The molecule has 0 spiro atoms. The molecule has 0 bridgehead atoms. The second kappa shape index (κ2) is 6.68. The zero-order valence-corrected chi connectivity index (χ0v) is 12.3. The van der Waals surface area contributed by atoms with Crippen LogP contribution in [0.25, 0.3) is 0 Å². The molecule has 0 saturated heterocycles. The lowest BCUT2D eigenvalue weighted by atomic mass is 10.3. The third-order valence-corrected chi connectivity index (χ3v) is 3.40. The summed E-state index contributed by atoms with van der Waals surface area (Å²) in [6.45, 7) is 3.95. The highest BCUT2D eigenvalue weighted by Gasteiger charge is 2.20. The molecule has 1 aliphatic carbocycles. The summed E-state index contributed by atoms with van der Waals surface area (Å²) in [5, 5.41) is 3.46. The minimum Gasteiger partial charge on any atom is -0.494 e. The van der Waals surface area contributed by atoms with Gasteiger partial charge in [-0.1, -0.05) is 0 Å². The average Bonchev–Trinajstić information content (AvgIpc) is 3.23. The van der Waals surface area contributed by atoms with Crippen molar-refractivity contribution in [2.45, 2.75) is 39.0 Å². The van der Waals surface area contributed by atoms with Gasteiger partial charge in [0.25, 0.3) is 0 Å². The van der Waals surface area contributed by atoms with Gasteiger partial charge < -0.3 is 19.2 Å². The Morgan fingerprint density at radius 1 is 1.14 bits per heavy atom. The molecule has 0 aliphatic heterocycles. The first-order valence-electron chi connectivity index (χ1n) is 7.49. The van der Waals surface area contributed by atoms with Crippen LogP contribution < -0.4 is 14.8 Å². The Kier molecular flexibility index (Phi) is 4.46. The van der Waals surface area contributed by atoms with E-state index in [1.165, 1.54) is 18.4 Å². The van der Waals surface area contributed by atoms with Crippen LogP contribution in [0.15, 0.2) is 41.0 Å². The van der Waals surface area contributed by atoms with Gasteiger partial charge in [0.15, 0.2) is 0 Å². The van der Waals surface area contributed by atoms with E-state index in [0.29, 0.717) is 19.3 Å². The normalized spacial score (nSPS) is 14.1. The molecule has 0 unspecified atom stereocenters. The van der Waals surface area contributed by atoms with Crippen LogP contribution in [0.4, 0.5) is 0 Å². The molecule has 1 heterocycles. The van der Waals surface area contributed by atoms with Crippen molar-refractivity contribution in [2.75, 3.05) is 6.61 Å². The van der Waals surface area contributed by atoms with Crippen molar-refractivity contribution in [3.8, 4) is 11.5 Å². The van der Waals surface area contributed by atoms with Crippen LogP contribution >= 0.6 is 0 Å². The van der Waals surface area contributed by atoms with Crippen molar-refractivity contribution in [2.24, 2.45) is 0 Å². The van der Waals surface area contributed by atoms with Gasteiger partial charge in [-0.3, -0.25) is 0 Å². The molecule has 1 saturated carbocycles. The van der Waals surface area contributed by atoms with Gasteiger partial charge in [0, 0.05) is 18.2 Å². The predicted octanol–water partition coefficient (Wildman–Crippen LogP) is 3.51. The van der Waals surface area contributed by atoms with Crippen molar-refractivity contribution in [3.05, 3.63) is 47.9 Å². The number of ether oxygens (including phenoxy) is 2. The lowest BCUT2D eigenvalue weighted by Crippen LogP contribution is -2.14. The van der Waals surface area contributed by atoms with Crippen molar-refractivity contribution >= 4 is 0 Å². The molecule has 4 nitrogen and oxygen atoms in total. The van der Waals surface area contributed by atoms with Crippen LogP contribution in [0, 0.1) is 0 Å². The van der Waals surface area contributed by atoms with Gasteiger partial charge in [-0.15, -0.1) is 0 Å². The molecule has 1 aromatic heterocycles. The summed E-state index contributed by atoms with van der Waals surface area (Å²) in [6, 6.07) is 10.4. The maximum absolute atomic E-state index is 5.71. The van der Waals surface area contributed by atoms with E-state index in [1.807, 2.05) is 37.3 Å². The van der Waals surface area contributed by atoms with Gasteiger partial charge in [-0.25, -0.2) is 0 Å². The summed E-state index contributed by atoms with van der Waals surface area (Å²) in [5.41, 5.74) is 1.17. The lowest BCUT2D eigenvalue weighted by molar-refractivity contribution is 0.269. The van der Waals surface area contributed by atoms with Crippen LogP contribution in [0.5, 0.6) is 11.5 Å². The minimum absolute atomic E-state index is 0.442. The molecule has 1 aliphatic rings. The van der Waals surface area contributed by atoms with E-state index in [9.17, 15) is 0 Å². The van der Waals surface area contributed by atoms with Gasteiger partial charge >= 0.3 is 0 Å². The molecule has 21 heavy (non-hydrogen) atoms. The topological polar surface area (TPSA) is 43.6 Å². The fourth-order valence-electron chi connectivity index (χ4n) is 2.10. The van der Waals surface area contributed by atoms with E-state index in [4.69, 9.17) is 13.9 Å².